The van der Waals surface area contributed by atoms with Crippen LogP contribution in [0, 0.1) is 0 Å². The predicted molar refractivity (Wildman–Crippen MR) is 62.8 cm³/mol. The molecule has 0 unspecified atom stereocenters. The second kappa shape index (κ2) is 4.20. The molecule has 0 saturated heterocycles. The van der Waals surface area contributed by atoms with Crippen molar-refractivity contribution in [2.75, 3.05) is 5.73 Å². The van der Waals surface area contributed by atoms with Gasteiger partial charge in [0.15, 0.2) is 0 Å². The fourth-order valence-electron chi connectivity index (χ4n) is 1.52. The maximum atomic E-state index is 12.5. The molecule has 0 aliphatic carbocycles. The smallest absolute Gasteiger partial charge is 0.416 e. The van der Waals surface area contributed by atoms with Gasteiger partial charge >= 0.3 is 6.18 Å². The van der Waals surface area contributed by atoms with Gasteiger partial charge < -0.3 is 10.8 Å². The number of halogens is 4. The Morgan fingerprint density at radius 3 is 2.44 bits per heavy atom. The number of aromatic amines is 1. The average Bonchev–Trinajstić information content (AvgIpc) is 2.62. The van der Waals surface area contributed by atoms with Gasteiger partial charge in [0.05, 0.1) is 11.8 Å². The molecule has 0 amide bonds. The lowest BCUT2D eigenvalue weighted by atomic mass is 10.0. The van der Waals surface area contributed by atoms with Crippen molar-refractivity contribution in [3.63, 3.8) is 0 Å². The highest BCUT2D eigenvalue weighted by Gasteiger charge is 2.32. The van der Waals surface area contributed by atoms with Crippen LogP contribution in [0.15, 0.2) is 22.8 Å². The minimum Gasteiger partial charge on any atom is -0.507 e. The summed E-state index contributed by atoms with van der Waals surface area (Å²) in [5.74, 6) is -0.365. The molecule has 0 spiro atoms. The number of hydrogen-bond donors (Lipinski definition) is 3. The normalized spacial score (nSPS) is 11.8. The lowest BCUT2D eigenvalue weighted by Crippen LogP contribution is -2.05. The molecule has 96 valence electrons. The van der Waals surface area contributed by atoms with Gasteiger partial charge in [-0.3, -0.25) is 5.10 Å². The van der Waals surface area contributed by atoms with Gasteiger partial charge in [0, 0.05) is 15.6 Å². The molecule has 8 heteroatoms. The number of alkyl halides is 3. The lowest BCUT2D eigenvalue weighted by Gasteiger charge is -2.11. The first-order chi connectivity index (χ1) is 8.30. The highest BCUT2D eigenvalue weighted by Crippen LogP contribution is 2.42. The van der Waals surface area contributed by atoms with Crippen molar-refractivity contribution in [1.82, 2.24) is 10.2 Å². The van der Waals surface area contributed by atoms with E-state index in [-0.39, 0.29) is 15.9 Å². The predicted octanol–water partition coefficient (Wildman–Crippen LogP) is 3.15. The fourth-order valence-corrected chi connectivity index (χ4v) is 2.18. The summed E-state index contributed by atoms with van der Waals surface area (Å²) < 4.78 is 37.7. The van der Waals surface area contributed by atoms with E-state index < -0.39 is 17.5 Å². The van der Waals surface area contributed by atoms with Gasteiger partial charge in [0.25, 0.3) is 0 Å². The molecular formula is C10H7BrF3N3O. The maximum Gasteiger partial charge on any atom is 0.416 e. The Morgan fingerprint density at radius 1 is 1.33 bits per heavy atom. The van der Waals surface area contributed by atoms with Crippen molar-refractivity contribution in [3.8, 4) is 16.9 Å². The van der Waals surface area contributed by atoms with Crippen molar-refractivity contribution in [2.45, 2.75) is 6.18 Å². The Bertz CT molecular complexity index is 571. The number of hydrogen-bond acceptors (Lipinski definition) is 3. The molecule has 0 aliphatic rings. The third kappa shape index (κ3) is 2.15. The van der Waals surface area contributed by atoms with Crippen LogP contribution in [0.5, 0.6) is 5.75 Å². The molecule has 1 aromatic heterocycles. The summed E-state index contributed by atoms with van der Waals surface area (Å²) in [5, 5.41) is 15.8. The van der Waals surface area contributed by atoms with Crippen LogP contribution >= 0.6 is 15.9 Å². The van der Waals surface area contributed by atoms with Crippen LogP contribution in [-0.2, 0) is 6.18 Å². The van der Waals surface area contributed by atoms with Crippen molar-refractivity contribution < 1.29 is 18.3 Å². The second-order valence-corrected chi connectivity index (χ2v) is 4.40. The third-order valence-electron chi connectivity index (χ3n) is 2.33. The van der Waals surface area contributed by atoms with Gasteiger partial charge in [-0.2, -0.15) is 18.3 Å². The minimum atomic E-state index is -4.53. The molecule has 0 saturated carbocycles. The van der Waals surface area contributed by atoms with Crippen LogP contribution < -0.4 is 5.73 Å². The number of nitrogens with two attached hydrogens (primary N) is 1. The quantitative estimate of drug-likeness (QED) is 0.755. The van der Waals surface area contributed by atoms with Gasteiger partial charge in [0.1, 0.15) is 11.6 Å². The van der Waals surface area contributed by atoms with E-state index in [1.165, 1.54) is 6.20 Å². The topological polar surface area (TPSA) is 74.9 Å². The Hall–Kier alpha value is -1.70. The van der Waals surface area contributed by atoms with Crippen LogP contribution in [0.25, 0.3) is 11.1 Å². The number of nitrogens with one attached hydrogen (secondary N) is 1. The average molecular weight is 322 g/mol. The fraction of sp³-hybridized carbons (Fsp3) is 0.100. The first-order valence-corrected chi connectivity index (χ1v) is 5.49. The Labute approximate surface area is 108 Å². The number of aromatic hydroxyl groups is 1. The summed E-state index contributed by atoms with van der Waals surface area (Å²) in [5.41, 5.74) is 5.10. The summed E-state index contributed by atoms with van der Waals surface area (Å²) in [6, 6.07) is 1.52. The number of phenolic OH excluding ortho intramolecular Hbond substituents is 1. The number of H-pyrrole nitrogens is 1. The molecule has 2 aromatic rings. The largest absolute Gasteiger partial charge is 0.507 e. The third-order valence-corrected chi connectivity index (χ3v) is 2.96. The molecule has 0 atom stereocenters. The molecule has 0 radical (unpaired) electrons. The van der Waals surface area contributed by atoms with Crippen molar-refractivity contribution in [2.24, 2.45) is 0 Å². The number of phenols is 1. The zero-order chi connectivity index (χ0) is 13.5. The van der Waals surface area contributed by atoms with Crippen LogP contribution in [0.1, 0.15) is 5.56 Å². The Kier molecular flexibility index (Phi) is 2.97. The van der Waals surface area contributed by atoms with Crippen LogP contribution in [-0.4, -0.2) is 15.3 Å². The Morgan fingerprint density at radius 2 is 2.00 bits per heavy atom. The number of rotatable bonds is 1. The molecule has 1 heterocycles. The number of benzene rings is 1. The zero-order valence-corrected chi connectivity index (χ0v) is 10.3. The van der Waals surface area contributed by atoms with Gasteiger partial charge in [-0.25, -0.2) is 0 Å². The monoisotopic (exact) mass is 321 g/mol. The van der Waals surface area contributed by atoms with Gasteiger partial charge in [-0.1, -0.05) is 0 Å². The SMILES string of the molecule is Nc1[nH]ncc1-c1c(O)cc(C(F)(F)F)cc1Br. The van der Waals surface area contributed by atoms with Crippen LogP contribution in [0.4, 0.5) is 19.0 Å². The van der Waals surface area contributed by atoms with E-state index in [1.54, 1.807) is 0 Å². The van der Waals surface area contributed by atoms with E-state index in [9.17, 15) is 18.3 Å². The minimum absolute atomic E-state index is 0.0860. The number of anilines is 1. The summed E-state index contributed by atoms with van der Waals surface area (Å²) >= 11 is 2.99. The standard InChI is InChI=1S/C10H7BrF3N3O/c11-6-1-4(10(12,13)14)2-7(18)8(6)5-3-16-17-9(5)15/h1-3,18H,(H3,15,16,17). The van der Waals surface area contributed by atoms with Gasteiger partial charge in [-0.05, 0) is 28.1 Å². The molecule has 1 aromatic carbocycles. The van der Waals surface area contributed by atoms with E-state index in [0.29, 0.717) is 11.6 Å². The molecule has 18 heavy (non-hydrogen) atoms. The summed E-state index contributed by atoms with van der Waals surface area (Å²) in [4.78, 5) is 0. The molecule has 4 nitrogen and oxygen atoms in total. The Balaban J connectivity index is 2.62. The highest BCUT2D eigenvalue weighted by atomic mass is 79.9. The van der Waals surface area contributed by atoms with Gasteiger partial charge in [-0.15, -0.1) is 0 Å². The van der Waals surface area contributed by atoms with Gasteiger partial charge in [0.2, 0.25) is 0 Å². The highest BCUT2D eigenvalue weighted by molar-refractivity contribution is 9.10. The molecule has 4 N–H and O–H groups in total. The molecule has 0 aliphatic heterocycles. The summed E-state index contributed by atoms with van der Waals surface area (Å²) in [6.07, 6.45) is -3.21. The summed E-state index contributed by atoms with van der Waals surface area (Å²) in [7, 11) is 0. The molecule has 0 fully saturated rings. The van der Waals surface area contributed by atoms with Crippen LogP contribution in [0.3, 0.4) is 0 Å². The van der Waals surface area contributed by atoms with E-state index in [1.807, 2.05) is 0 Å². The maximum absolute atomic E-state index is 12.5. The first kappa shape index (κ1) is 12.7. The molecular weight excluding hydrogens is 315 g/mol. The number of nitrogen functional groups attached to an aromatic ring is 1. The number of aromatic nitrogens is 2. The summed E-state index contributed by atoms with van der Waals surface area (Å²) in [6.45, 7) is 0. The second-order valence-electron chi connectivity index (χ2n) is 3.55. The van der Waals surface area contributed by atoms with E-state index in [0.717, 1.165) is 6.07 Å². The van der Waals surface area contributed by atoms with E-state index >= 15 is 0 Å². The van der Waals surface area contributed by atoms with E-state index in [2.05, 4.69) is 26.1 Å². The van der Waals surface area contributed by atoms with Crippen molar-refractivity contribution in [1.29, 1.82) is 0 Å². The van der Waals surface area contributed by atoms with Crippen LogP contribution in [0.2, 0.25) is 0 Å². The molecule has 0 bridgehead atoms. The van der Waals surface area contributed by atoms with Crippen molar-refractivity contribution in [3.05, 3.63) is 28.4 Å². The van der Waals surface area contributed by atoms with E-state index in [4.69, 9.17) is 5.73 Å². The number of nitrogens with zero attached hydrogens (tertiary/aromatic N) is 1. The lowest BCUT2D eigenvalue weighted by molar-refractivity contribution is -0.137. The zero-order valence-electron chi connectivity index (χ0n) is 8.72. The molecule has 2 rings (SSSR count). The first-order valence-electron chi connectivity index (χ1n) is 4.69. The van der Waals surface area contributed by atoms with Crippen molar-refractivity contribution >= 4 is 21.7 Å².